The van der Waals surface area contributed by atoms with Gasteiger partial charge in [-0.3, -0.25) is 0 Å². The maximum Gasteiger partial charge on any atom is 0.335 e. The Morgan fingerprint density at radius 1 is 1.37 bits per heavy atom. The van der Waals surface area contributed by atoms with Crippen LogP contribution < -0.4 is 5.32 Å². The van der Waals surface area contributed by atoms with E-state index in [9.17, 15) is 4.79 Å². The van der Waals surface area contributed by atoms with E-state index >= 15 is 0 Å². The fourth-order valence-electron chi connectivity index (χ4n) is 1.62. The third-order valence-corrected chi connectivity index (χ3v) is 2.87. The second-order valence-corrected chi connectivity index (χ2v) is 6.29. The van der Waals surface area contributed by atoms with E-state index in [-0.39, 0.29) is 11.0 Å². The Balaban J connectivity index is 2.97. The van der Waals surface area contributed by atoms with Gasteiger partial charge in [0.2, 0.25) is 0 Å². The fraction of sp³-hybridized carbons (Fsp3) is 0.600. The predicted octanol–water partition coefficient (Wildman–Crippen LogP) is 3.54. The number of pyridine rings is 1. The summed E-state index contributed by atoms with van der Waals surface area (Å²) in [5.74, 6) is 0.336. The zero-order valence-corrected chi connectivity index (χ0v) is 12.4. The van der Waals surface area contributed by atoms with Crippen LogP contribution >= 0.6 is 0 Å². The molecule has 2 N–H and O–H groups in total. The highest BCUT2D eigenvalue weighted by molar-refractivity contribution is 5.88. The summed E-state index contributed by atoms with van der Waals surface area (Å²) >= 11 is 0. The number of carboxylic acids is 1. The highest BCUT2D eigenvalue weighted by Crippen LogP contribution is 2.23. The summed E-state index contributed by atoms with van der Waals surface area (Å²) in [4.78, 5) is 15.7. The van der Waals surface area contributed by atoms with Gasteiger partial charge in [0.25, 0.3) is 0 Å². The number of nitrogens with one attached hydrogen (secondary N) is 1. The SMILES string of the molecule is CC(C)CCNc1cc(C(=O)O)cc(C(C)(C)C)n1. The molecule has 1 heterocycles. The Kier molecular flexibility index (Phi) is 4.92. The van der Waals surface area contributed by atoms with Crippen LogP contribution in [0.1, 0.15) is 57.1 Å². The van der Waals surface area contributed by atoms with Crippen LogP contribution in [0.5, 0.6) is 0 Å². The van der Waals surface area contributed by atoms with Crippen molar-refractivity contribution in [3.05, 3.63) is 23.4 Å². The predicted molar refractivity (Wildman–Crippen MR) is 77.8 cm³/mol. The number of hydrogen-bond acceptors (Lipinski definition) is 3. The maximum atomic E-state index is 11.2. The van der Waals surface area contributed by atoms with Crippen molar-refractivity contribution in [2.24, 2.45) is 5.92 Å². The minimum Gasteiger partial charge on any atom is -0.478 e. The average Bonchev–Trinajstić information content (AvgIpc) is 2.26. The molecule has 4 heteroatoms. The lowest BCUT2D eigenvalue weighted by Crippen LogP contribution is -2.17. The molecule has 106 valence electrons. The second kappa shape index (κ2) is 6.04. The molecule has 1 rings (SSSR count). The highest BCUT2D eigenvalue weighted by atomic mass is 16.4. The van der Waals surface area contributed by atoms with E-state index in [0.717, 1.165) is 18.7 Å². The van der Waals surface area contributed by atoms with E-state index in [4.69, 9.17) is 5.11 Å². The number of aromatic nitrogens is 1. The largest absolute Gasteiger partial charge is 0.478 e. The van der Waals surface area contributed by atoms with Crippen LogP contribution in [0.3, 0.4) is 0 Å². The summed E-state index contributed by atoms with van der Waals surface area (Å²) in [5, 5.41) is 12.4. The van der Waals surface area contributed by atoms with Gasteiger partial charge in [0.15, 0.2) is 0 Å². The Hall–Kier alpha value is -1.58. The molecule has 4 nitrogen and oxygen atoms in total. The van der Waals surface area contributed by atoms with E-state index in [1.165, 1.54) is 0 Å². The molecule has 0 aliphatic heterocycles. The second-order valence-electron chi connectivity index (χ2n) is 6.29. The number of hydrogen-bond donors (Lipinski definition) is 2. The summed E-state index contributed by atoms with van der Waals surface area (Å²) in [5.41, 5.74) is 0.909. The van der Waals surface area contributed by atoms with Crippen LogP contribution in [0.4, 0.5) is 5.82 Å². The smallest absolute Gasteiger partial charge is 0.335 e. The van der Waals surface area contributed by atoms with Crippen molar-refractivity contribution in [2.75, 3.05) is 11.9 Å². The molecule has 0 fully saturated rings. The topological polar surface area (TPSA) is 62.2 Å². The Morgan fingerprint density at radius 2 is 2.00 bits per heavy atom. The Morgan fingerprint density at radius 3 is 2.47 bits per heavy atom. The third-order valence-electron chi connectivity index (χ3n) is 2.87. The number of rotatable bonds is 5. The van der Waals surface area contributed by atoms with Crippen LogP contribution in [0.25, 0.3) is 0 Å². The van der Waals surface area contributed by atoms with Crippen molar-refractivity contribution >= 4 is 11.8 Å². The monoisotopic (exact) mass is 264 g/mol. The molecular weight excluding hydrogens is 240 g/mol. The van der Waals surface area contributed by atoms with E-state index in [2.05, 4.69) is 24.1 Å². The van der Waals surface area contributed by atoms with Gasteiger partial charge in [0.05, 0.1) is 5.56 Å². The summed E-state index contributed by atoms with van der Waals surface area (Å²) in [6.45, 7) is 11.2. The summed E-state index contributed by atoms with van der Waals surface area (Å²) in [6, 6.07) is 3.24. The Labute approximate surface area is 115 Å². The molecule has 0 saturated carbocycles. The number of carbonyl (C=O) groups is 1. The van der Waals surface area contributed by atoms with Crippen molar-refractivity contribution in [1.82, 2.24) is 4.98 Å². The molecule has 0 unspecified atom stereocenters. The zero-order chi connectivity index (χ0) is 14.6. The molecule has 0 aromatic carbocycles. The third kappa shape index (κ3) is 4.89. The van der Waals surface area contributed by atoms with Crippen molar-refractivity contribution in [2.45, 2.75) is 46.5 Å². The van der Waals surface area contributed by atoms with Gasteiger partial charge in [-0.25, -0.2) is 9.78 Å². The van der Waals surface area contributed by atoms with Gasteiger partial charge in [-0.15, -0.1) is 0 Å². The quantitative estimate of drug-likeness (QED) is 0.854. The van der Waals surface area contributed by atoms with Gasteiger partial charge in [-0.2, -0.15) is 0 Å². The van der Waals surface area contributed by atoms with Crippen molar-refractivity contribution in [1.29, 1.82) is 0 Å². The first kappa shape index (κ1) is 15.5. The molecule has 0 aliphatic carbocycles. The summed E-state index contributed by atoms with van der Waals surface area (Å²) < 4.78 is 0. The molecular formula is C15H24N2O2. The van der Waals surface area contributed by atoms with E-state index in [1.807, 2.05) is 20.8 Å². The minimum atomic E-state index is -0.917. The van der Waals surface area contributed by atoms with Crippen LogP contribution in [0.2, 0.25) is 0 Å². The van der Waals surface area contributed by atoms with E-state index < -0.39 is 5.97 Å². The minimum absolute atomic E-state index is 0.167. The van der Waals surface area contributed by atoms with Crippen molar-refractivity contribution in [3.63, 3.8) is 0 Å². The lowest BCUT2D eigenvalue weighted by molar-refractivity contribution is 0.0696. The first-order valence-electron chi connectivity index (χ1n) is 6.70. The van der Waals surface area contributed by atoms with Crippen molar-refractivity contribution in [3.8, 4) is 0 Å². The summed E-state index contributed by atoms with van der Waals surface area (Å²) in [7, 11) is 0. The van der Waals surface area contributed by atoms with Gasteiger partial charge in [-0.05, 0) is 24.5 Å². The molecule has 0 aliphatic rings. The first-order valence-corrected chi connectivity index (χ1v) is 6.70. The highest BCUT2D eigenvalue weighted by Gasteiger charge is 2.19. The normalized spacial score (nSPS) is 11.7. The van der Waals surface area contributed by atoms with Gasteiger partial charge >= 0.3 is 5.97 Å². The fourth-order valence-corrected chi connectivity index (χ4v) is 1.62. The molecule has 0 radical (unpaired) electrons. The van der Waals surface area contributed by atoms with Crippen LogP contribution in [0.15, 0.2) is 12.1 Å². The van der Waals surface area contributed by atoms with Gasteiger partial charge < -0.3 is 10.4 Å². The average molecular weight is 264 g/mol. The van der Waals surface area contributed by atoms with Gasteiger partial charge in [0, 0.05) is 17.7 Å². The molecule has 1 aromatic heterocycles. The molecule has 0 atom stereocenters. The summed E-state index contributed by atoms with van der Waals surface area (Å²) in [6.07, 6.45) is 1.03. The molecule has 0 spiro atoms. The zero-order valence-electron chi connectivity index (χ0n) is 12.4. The van der Waals surface area contributed by atoms with Gasteiger partial charge in [0.1, 0.15) is 5.82 Å². The van der Waals surface area contributed by atoms with Gasteiger partial charge in [-0.1, -0.05) is 34.6 Å². The molecule has 0 amide bonds. The van der Waals surface area contributed by atoms with Crippen molar-refractivity contribution < 1.29 is 9.90 Å². The Bertz CT molecular complexity index is 448. The first-order chi connectivity index (χ1) is 8.70. The lowest BCUT2D eigenvalue weighted by atomic mass is 9.91. The maximum absolute atomic E-state index is 11.2. The number of carboxylic acid groups (broad SMARTS) is 1. The van der Waals surface area contributed by atoms with Crippen LogP contribution in [-0.4, -0.2) is 22.6 Å². The molecule has 1 aromatic rings. The number of nitrogens with zero attached hydrogens (tertiary/aromatic N) is 1. The molecule has 0 saturated heterocycles. The molecule has 19 heavy (non-hydrogen) atoms. The van der Waals surface area contributed by atoms with E-state index in [0.29, 0.717) is 11.7 Å². The standard InChI is InChI=1S/C15H24N2O2/c1-10(2)6-7-16-13-9-11(14(18)19)8-12(17-13)15(3,4)5/h8-10H,6-7H2,1-5H3,(H,16,17)(H,18,19). The number of anilines is 1. The molecule has 0 bridgehead atoms. The number of aromatic carboxylic acids is 1. The van der Waals surface area contributed by atoms with Crippen LogP contribution in [0, 0.1) is 5.92 Å². The van der Waals surface area contributed by atoms with E-state index in [1.54, 1.807) is 12.1 Å². The lowest BCUT2D eigenvalue weighted by Gasteiger charge is -2.19. The van der Waals surface area contributed by atoms with Crippen LogP contribution in [-0.2, 0) is 5.41 Å².